The fraction of sp³-hybridized carbons (Fsp3) is 0.544. The molecule has 8 rings (SSSR count). The molecule has 0 aliphatic carbocycles. The lowest BCUT2D eigenvalue weighted by Gasteiger charge is -2.42. The number of hydrogen-bond acceptors (Lipinski definition) is 13. The van der Waals surface area contributed by atoms with E-state index in [-0.39, 0.29) is 70.1 Å². The Balaban J connectivity index is 1.20. The highest BCUT2D eigenvalue weighted by atomic mass is 28.4. The third kappa shape index (κ3) is 10.7. The van der Waals surface area contributed by atoms with Crippen molar-refractivity contribution in [3.05, 3.63) is 82.0 Å². The Labute approximate surface area is 442 Å². The molecule has 0 radical (unpaired) electrons. The first-order chi connectivity index (χ1) is 35.6. The number of ether oxygens (including phenoxy) is 4. The summed E-state index contributed by atoms with van der Waals surface area (Å²) in [5, 5.41) is 12.6. The molecule has 0 amide bonds. The van der Waals surface area contributed by atoms with Gasteiger partial charge in [0.15, 0.2) is 5.82 Å². The van der Waals surface area contributed by atoms with E-state index in [0.29, 0.717) is 76.2 Å². The van der Waals surface area contributed by atoms with Crippen LogP contribution >= 0.6 is 0 Å². The molecule has 3 fully saturated rings. The first-order valence-corrected chi connectivity index (χ1v) is 31.2. The number of carbonyl (C=O) groups is 1. The number of pyridine rings is 1. The molecule has 3 saturated heterocycles. The molecule has 2 atom stereocenters. The smallest absolute Gasteiger partial charge is 0.513 e. The van der Waals surface area contributed by atoms with E-state index >= 15 is 8.78 Å². The van der Waals surface area contributed by atoms with E-state index in [1.54, 1.807) is 12.3 Å². The number of benzene rings is 3. The van der Waals surface area contributed by atoms with E-state index in [4.69, 9.17) is 38.3 Å². The topological polar surface area (TPSA) is 152 Å². The van der Waals surface area contributed by atoms with Crippen molar-refractivity contribution in [1.82, 2.24) is 19.9 Å². The third-order valence-electron chi connectivity index (χ3n) is 16.7. The molecule has 14 nitrogen and oxygen atoms in total. The minimum Gasteiger partial charge on any atom is -0.543 e. The molecule has 402 valence electrons. The van der Waals surface area contributed by atoms with Gasteiger partial charge < -0.3 is 28.3 Å². The number of halogens is 2. The molecule has 3 aromatic carbocycles. The summed E-state index contributed by atoms with van der Waals surface area (Å²) < 4.78 is 65.5. The highest BCUT2D eigenvalue weighted by Gasteiger charge is 2.51. The molecule has 0 bridgehead atoms. The van der Waals surface area contributed by atoms with Gasteiger partial charge in [-0.2, -0.15) is 9.97 Å². The number of rotatable bonds is 17. The van der Waals surface area contributed by atoms with Gasteiger partial charge in [0.25, 0.3) is 14.0 Å². The van der Waals surface area contributed by atoms with Gasteiger partial charge in [0.05, 0.1) is 34.6 Å². The maximum atomic E-state index is 18.2. The van der Waals surface area contributed by atoms with Crippen LogP contribution in [-0.2, 0) is 9.47 Å². The number of nitrogens with zero attached hydrogens (tertiary/aromatic N) is 6. The molecule has 0 N–H and O–H groups in total. The zero-order valence-corrected chi connectivity index (χ0v) is 47.7. The molecule has 5 aromatic rings. The van der Waals surface area contributed by atoms with Crippen molar-refractivity contribution in [2.75, 3.05) is 51.0 Å². The van der Waals surface area contributed by atoms with E-state index in [9.17, 15) is 14.9 Å². The van der Waals surface area contributed by atoms with Gasteiger partial charge >= 0.3 is 12.2 Å². The molecule has 2 aromatic heterocycles. The normalized spacial score (nSPS) is 18.5. The van der Waals surface area contributed by atoms with Crippen molar-refractivity contribution in [3.63, 3.8) is 0 Å². The second-order valence-corrected chi connectivity index (χ2v) is 33.5. The van der Waals surface area contributed by atoms with Gasteiger partial charge in [-0.25, -0.2) is 13.6 Å². The fourth-order valence-electron chi connectivity index (χ4n) is 13.1. The van der Waals surface area contributed by atoms with Gasteiger partial charge in [0, 0.05) is 48.4 Å². The predicted octanol–water partition coefficient (Wildman–Crippen LogP) is 13.6. The Morgan fingerprint density at radius 3 is 2.16 bits per heavy atom. The summed E-state index contributed by atoms with van der Waals surface area (Å²) in [7, 11) is -4.91. The molecule has 0 spiro atoms. The van der Waals surface area contributed by atoms with Crippen molar-refractivity contribution in [1.29, 1.82) is 0 Å². The van der Waals surface area contributed by atoms with Crippen LogP contribution in [-0.4, -0.2) is 105 Å². The van der Waals surface area contributed by atoms with Crippen molar-refractivity contribution < 1.29 is 41.9 Å². The number of nitro benzene ring substituents is 1. The van der Waals surface area contributed by atoms with Crippen LogP contribution in [0.2, 0.25) is 33.2 Å². The second-order valence-electron chi connectivity index (χ2n) is 22.6. The van der Waals surface area contributed by atoms with Gasteiger partial charge in [-0.3, -0.25) is 20.0 Å². The molecular weight excluding hydrogens is 991 g/mol. The maximum absolute atomic E-state index is 18.2. The molecular formula is C57H74F2N6O8Si2. The van der Waals surface area contributed by atoms with Crippen LogP contribution in [0.25, 0.3) is 32.9 Å². The largest absolute Gasteiger partial charge is 0.543 e. The van der Waals surface area contributed by atoms with E-state index in [0.717, 1.165) is 32.2 Å². The highest BCUT2D eigenvalue weighted by Crippen LogP contribution is 2.47. The Bertz CT molecular complexity index is 2930. The van der Waals surface area contributed by atoms with Crippen molar-refractivity contribution in [3.8, 4) is 40.2 Å². The number of non-ortho nitro benzene ring substituents is 1. The Morgan fingerprint density at radius 2 is 1.53 bits per heavy atom. The Kier molecular flexibility index (Phi) is 16.6. The lowest BCUT2D eigenvalue weighted by atomic mass is 9.95. The second kappa shape index (κ2) is 22.5. The molecule has 0 saturated carbocycles. The summed E-state index contributed by atoms with van der Waals surface area (Å²) in [6.07, 6.45) is 3.90. The Hall–Kier alpha value is -5.75. The quantitative estimate of drug-likeness (QED) is 0.0217. The highest BCUT2D eigenvalue weighted by molar-refractivity contribution is 6.90. The van der Waals surface area contributed by atoms with Gasteiger partial charge in [-0.1, -0.05) is 95.1 Å². The van der Waals surface area contributed by atoms with E-state index in [1.165, 1.54) is 30.3 Å². The van der Waals surface area contributed by atoms with Crippen molar-refractivity contribution >= 4 is 55.7 Å². The molecule has 3 aliphatic rings. The van der Waals surface area contributed by atoms with Gasteiger partial charge in [-0.15, -0.1) is 5.54 Å². The van der Waals surface area contributed by atoms with Crippen LogP contribution in [0.1, 0.15) is 114 Å². The average molecular weight is 1070 g/mol. The third-order valence-corrected chi connectivity index (χ3v) is 29.0. The Morgan fingerprint density at radius 1 is 0.867 bits per heavy atom. The van der Waals surface area contributed by atoms with Gasteiger partial charge in [0.1, 0.15) is 55.6 Å². The molecule has 75 heavy (non-hydrogen) atoms. The SMILES string of the molecule is CC(C)[Si](C#Cc1c(F)ccc2cc(O[Si](C(C)C)(C(C)C)C(C)C)cc(-c3ncc4c(N5CCOCC5)nc(OC[C@@]56CCCN5[C@H](COC(=O)Oc5ccc([N+](=O)[O-])cc5)CC6)nc4c3F)c12)(C(C)C)C(C)C. The summed E-state index contributed by atoms with van der Waals surface area (Å²) in [6.45, 7) is 29.6. The zero-order chi connectivity index (χ0) is 54.1. The zero-order valence-electron chi connectivity index (χ0n) is 45.7. The lowest BCUT2D eigenvalue weighted by Crippen LogP contribution is -2.50. The fourth-order valence-corrected chi connectivity index (χ4v) is 23.6. The van der Waals surface area contributed by atoms with Gasteiger partial charge in [0.2, 0.25) is 0 Å². The van der Waals surface area contributed by atoms with Crippen molar-refractivity contribution in [2.24, 2.45) is 0 Å². The summed E-state index contributed by atoms with van der Waals surface area (Å²) in [6, 6.07) is 12.1. The minimum absolute atomic E-state index is 0.00567. The number of carbonyl (C=O) groups excluding carboxylic acids is 1. The first kappa shape index (κ1) is 55.5. The number of fused-ring (bicyclic) bond motifs is 3. The minimum atomic E-state index is -2.55. The number of aromatic nitrogens is 3. The van der Waals surface area contributed by atoms with Crippen LogP contribution in [0.5, 0.6) is 17.5 Å². The first-order valence-electron chi connectivity index (χ1n) is 26.8. The lowest BCUT2D eigenvalue weighted by molar-refractivity contribution is -0.384. The predicted molar refractivity (Wildman–Crippen MR) is 295 cm³/mol. The maximum Gasteiger partial charge on any atom is 0.513 e. The molecule has 3 aliphatic heterocycles. The van der Waals surface area contributed by atoms with Crippen LogP contribution in [0.3, 0.4) is 0 Å². The van der Waals surface area contributed by atoms with Crippen LogP contribution in [0.15, 0.2) is 54.7 Å². The van der Waals surface area contributed by atoms with E-state index in [2.05, 4.69) is 99.4 Å². The van der Waals surface area contributed by atoms with Crippen LogP contribution in [0.4, 0.5) is 25.1 Å². The van der Waals surface area contributed by atoms with E-state index in [1.807, 2.05) is 17.0 Å². The summed E-state index contributed by atoms with van der Waals surface area (Å²) in [4.78, 5) is 42.3. The summed E-state index contributed by atoms with van der Waals surface area (Å²) >= 11 is 0. The van der Waals surface area contributed by atoms with Crippen LogP contribution < -0.4 is 18.8 Å². The number of nitro groups is 1. The monoisotopic (exact) mass is 1060 g/mol. The average Bonchev–Trinajstić information content (AvgIpc) is 3.94. The summed E-state index contributed by atoms with van der Waals surface area (Å²) in [5.74, 6) is 3.41. The molecule has 18 heteroatoms. The van der Waals surface area contributed by atoms with E-state index < -0.39 is 44.6 Å². The number of anilines is 1. The van der Waals surface area contributed by atoms with Crippen molar-refractivity contribution in [2.45, 2.75) is 154 Å². The number of morpholine rings is 1. The number of hydrogen-bond donors (Lipinski definition) is 0. The van der Waals surface area contributed by atoms with Crippen LogP contribution in [0, 0.1) is 33.2 Å². The van der Waals surface area contributed by atoms with Gasteiger partial charge in [-0.05, 0) is 101 Å². The molecule has 5 heterocycles. The summed E-state index contributed by atoms with van der Waals surface area (Å²) in [5.41, 5.74) is 5.41. The standard InChI is InChI=1S/C57H74F2N6O8Si2/c1-35(2)74(36(3)4,37(5)6)29-21-46-49(58)19-14-41-30-45(73-75(38(7)8,39(9)10)40(11)12)31-47(50(41)46)52-51(59)53-48(32-60-52)54(63-25-27-69-28-26-63)62-55(61-53)71-34-57-22-13-24-64(57)43(20-23-57)33-70-56(66)72-44-17-15-42(16-18-44)65(67)68/h14-19,30-32,35-40,43H,13,20,22-28,33-34H2,1-12H3/t43-,57-/m0/s1. The molecule has 0 unspecified atom stereocenters.